The highest BCUT2D eigenvalue weighted by molar-refractivity contribution is 9.10. The number of rotatable bonds is 9. The van der Waals surface area contributed by atoms with E-state index in [1.165, 1.54) is 18.3 Å². The highest BCUT2D eigenvalue weighted by atomic mass is 79.9. The van der Waals surface area contributed by atoms with Crippen LogP contribution >= 0.6 is 27.5 Å². The van der Waals surface area contributed by atoms with Crippen LogP contribution in [0.3, 0.4) is 0 Å². The molecule has 4 rings (SSSR count). The normalized spacial score (nSPS) is 14.9. The van der Waals surface area contributed by atoms with Crippen molar-refractivity contribution < 1.29 is 18.0 Å². The van der Waals surface area contributed by atoms with E-state index in [1.807, 2.05) is 17.9 Å². The van der Waals surface area contributed by atoms with Crippen LogP contribution in [0.25, 0.3) is 0 Å². The molecule has 3 aromatic rings. The number of carbonyl (C=O) groups is 2. The van der Waals surface area contributed by atoms with Crippen LogP contribution in [0.4, 0.5) is 11.5 Å². The van der Waals surface area contributed by atoms with Gasteiger partial charge in [-0.15, -0.1) is 0 Å². The molecule has 0 saturated carbocycles. The second kappa shape index (κ2) is 13.1. The summed E-state index contributed by atoms with van der Waals surface area (Å²) in [5, 5.41) is 6.36. The fourth-order valence-electron chi connectivity index (χ4n) is 4.71. The van der Waals surface area contributed by atoms with E-state index in [0.29, 0.717) is 41.6 Å². The average Bonchev–Trinajstić information content (AvgIpc) is 2.91. The van der Waals surface area contributed by atoms with E-state index in [9.17, 15) is 18.0 Å². The van der Waals surface area contributed by atoms with Gasteiger partial charge in [0, 0.05) is 59.4 Å². The van der Waals surface area contributed by atoms with Crippen molar-refractivity contribution in [1.82, 2.24) is 15.3 Å². The lowest BCUT2D eigenvalue weighted by atomic mass is 9.92. The Morgan fingerprint density at radius 2 is 1.90 bits per heavy atom. The highest BCUT2D eigenvalue weighted by Crippen LogP contribution is 2.31. The molecule has 0 spiro atoms. The van der Waals surface area contributed by atoms with Crippen LogP contribution in [0.5, 0.6) is 0 Å². The molecule has 40 heavy (non-hydrogen) atoms. The number of sulfone groups is 1. The fraction of sp³-hybridized carbons (Fsp3) is 0.357. The van der Waals surface area contributed by atoms with E-state index in [4.69, 9.17) is 11.6 Å². The van der Waals surface area contributed by atoms with Gasteiger partial charge in [0.15, 0.2) is 15.7 Å². The number of nitrogens with one attached hydrogen (secondary N) is 2. The molecule has 212 valence electrons. The smallest absolute Gasteiger partial charge is 0.255 e. The number of carbonyl (C=O) groups excluding carboxylic acids is 2. The predicted octanol–water partition coefficient (Wildman–Crippen LogP) is 5.42. The number of hydrogen-bond donors (Lipinski definition) is 2. The molecule has 1 unspecified atom stereocenters. The Hall–Kier alpha value is -3.02. The summed E-state index contributed by atoms with van der Waals surface area (Å²) in [6, 6.07) is 9.79. The number of benzene rings is 1. The summed E-state index contributed by atoms with van der Waals surface area (Å²) < 4.78 is 25.3. The summed E-state index contributed by atoms with van der Waals surface area (Å²) in [4.78, 5) is 36.5. The zero-order chi connectivity index (χ0) is 28.9. The van der Waals surface area contributed by atoms with E-state index in [2.05, 4.69) is 36.5 Å². The third-order valence-corrected chi connectivity index (χ3v) is 8.61. The van der Waals surface area contributed by atoms with Crippen molar-refractivity contribution in [1.29, 1.82) is 0 Å². The number of pyridine rings is 2. The molecule has 1 aliphatic rings. The molecule has 3 heterocycles. The maximum atomic E-state index is 13.0. The fourth-order valence-corrected chi connectivity index (χ4v) is 5.86. The molecule has 9 nitrogen and oxygen atoms in total. The molecule has 2 amide bonds. The second-order valence-electron chi connectivity index (χ2n) is 9.88. The summed E-state index contributed by atoms with van der Waals surface area (Å²) in [5.41, 5.74) is 1.60. The van der Waals surface area contributed by atoms with Gasteiger partial charge < -0.3 is 15.5 Å². The van der Waals surface area contributed by atoms with Crippen LogP contribution in [0.15, 0.2) is 64.4 Å². The molecular weight excluding hydrogens is 618 g/mol. The number of amides is 2. The van der Waals surface area contributed by atoms with Gasteiger partial charge in [-0.05, 0) is 77.0 Å². The van der Waals surface area contributed by atoms with Crippen molar-refractivity contribution in [2.24, 2.45) is 5.92 Å². The minimum Gasteiger partial charge on any atom is -0.355 e. The quantitative estimate of drug-likeness (QED) is 0.318. The largest absolute Gasteiger partial charge is 0.355 e. The molecule has 1 saturated heterocycles. The monoisotopic (exact) mass is 647 g/mol. The highest BCUT2D eigenvalue weighted by Gasteiger charge is 2.26. The zero-order valence-corrected chi connectivity index (χ0v) is 25.4. The SMILES string of the molecule is CCC(NC(=O)CC1CCN(c2ncc(S(C)(=O)=O)cc2NC(=O)c2cccc(Cl)c2)CC1)c1cncc(Br)c1. The van der Waals surface area contributed by atoms with Gasteiger partial charge in [0.1, 0.15) is 0 Å². The lowest BCUT2D eigenvalue weighted by Gasteiger charge is -2.34. The molecule has 1 atom stereocenters. The summed E-state index contributed by atoms with van der Waals surface area (Å²) in [6.45, 7) is 3.24. The van der Waals surface area contributed by atoms with Crippen LogP contribution < -0.4 is 15.5 Å². The first kappa shape index (κ1) is 30.0. The van der Waals surface area contributed by atoms with E-state index < -0.39 is 15.7 Å². The molecular formula is C28H31BrClN5O4S. The van der Waals surface area contributed by atoms with Gasteiger partial charge in [-0.1, -0.05) is 24.6 Å². The standard InChI is InChI=1S/C28H31BrClN5O4S/c1-3-24(20-12-21(29)16-31-15-20)33-26(36)11-18-7-9-35(10-8-18)27-25(14-23(17-32-27)40(2,38)39)34-28(37)19-5-4-6-22(30)13-19/h4-6,12-18,24H,3,7-11H2,1-2H3,(H,33,36)(H,34,37). The Morgan fingerprint density at radius 3 is 2.55 bits per heavy atom. The van der Waals surface area contributed by atoms with E-state index >= 15 is 0 Å². The maximum absolute atomic E-state index is 13.0. The lowest BCUT2D eigenvalue weighted by molar-refractivity contribution is -0.123. The summed E-state index contributed by atoms with van der Waals surface area (Å²) in [7, 11) is -3.54. The lowest BCUT2D eigenvalue weighted by Crippen LogP contribution is -2.37. The number of halogens is 2. The van der Waals surface area contributed by atoms with Crippen molar-refractivity contribution >= 4 is 60.7 Å². The van der Waals surface area contributed by atoms with Gasteiger partial charge in [-0.25, -0.2) is 13.4 Å². The summed E-state index contributed by atoms with van der Waals surface area (Å²) >= 11 is 9.47. The second-order valence-corrected chi connectivity index (χ2v) is 13.2. The van der Waals surface area contributed by atoms with Crippen LogP contribution in [-0.2, 0) is 14.6 Å². The van der Waals surface area contributed by atoms with Gasteiger partial charge >= 0.3 is 0 Å². The minimum absolute atomic E-state index is 0.00428. The Morgan fingerprint density at radius 1 is 1.15 bits per heavy atom. The van der Waals surface area contributed by atoms with Crippen molar-refractivity contribution in [3.63, 3.8) is 0 Å². The minimum atomic E-state index is -3.54. The third kappa shape index (κ3) is 7.80. The van der Waals surface area contributed by atoms with E-state index in [1.54, 1.807) is 30.6 Å². The Kier molecular flexibility index (Phi) is 9.81. The Labute approximate surface area is 247 Å². The number of piperidine rings is 1. The number of nitrogens with zero attached hydrogens (tertiary/aromatic N) is 3. The Balaban J connectivity index is 1.43. The molecule has 1 aromatic carbocycles. The molecule has 12 heteroatoms. The molecule has 2 N–H and O–H groups in total. The molecule has 1 fully saturated rings. The first-order chi connectivity index (χ1) is 19.0. The van der Waals surface area contributed by atoms with Crippen LogP contribution in [-0.4, -0.2) is 49.5 Å². The molecule has 0 radical (unpaired) electrons. The van der Waals surface area contributed by atoms with Gasteiger partial charge in [-0.2, -0.15) is 0 Å². The van der Waals surface area contributed by atoms with Crippen LogP contribution in [0, 0.1) is 5.92 Å². The van der Waals surface area contributed by atoms with Crippen LogP contribution in [0.2, 0.25) is 5.02 Å². The summed E-state index contributed by atoms with van der Waals surface area (Å²) in [5.74, 6) is 0.248. The van der Waals surface area contributed by atoms with Gasteiger partial charge in [0.25, 0.3) is 5.91 Å². The summed E-state index contributed by atoms with van der Waals surface area (Å²) in [6.07, 6.45) is 8.54. The van der Waals surface area contributed by atoms with Crippen LogP contribution in [0.1, 0.15) is 54.6 Å². The molecule has 2 aromatic heterocycles. The molecule has 0 bridgehead atoms. The van der Waals surface area contributed by atoms with E-state index in [-0.39, 0.29) is 22.8 Å². The average molecular weight is 649 g/mol. The van der Waals surface area contributed by atoms with Gasteiger partial charge in [0.05, 0.1) is 16.6 Å². The van der Waals surface area contributed by atoms with Gasteiger partial charge in [0.2, 0.25) is 5.91 Å². The first-order valence-corrected chi connectivity index (χ1v) is 16.0. The van der Waals surface area contributed by atoms with Crippen molar-refractivity contribution in [2.75, 3.05) is 29.6 Å². The predicted molar refractivity (Wildman–Crippen MR) is 159 cm³/mol. The maximum Gasteiger partial charge on any atom is 0.255 e. The first-order valence-electron chi connectivity index (χ1n) is 12.9. The zero-order valence-electron chi connectivity index (χ0n) is 22.2. The topological polar surface area (TPSA) is 121 Å². The number of aromatic nitrogens is 2. The number of anilines is 2. The Bertz CT molecular complexity index is 1500. The van der Waals surface area contributed by atoms with Crippen molar-refractivity contribution in [3.8, 4) is 0 Å². The molecule has 0 aliphatic carbocycles. The van der Waals surface area contributed by atoms with E-state index in [0.717, 1.165) is 35.6 Å². The third-order valence-electron chi connectivity index (χ3n) is 6.86. The van der Waals surface area contributed by atoms with Crippen molar-refractivity contribution in [3.05, 3.63) is 75.6 Å². The van der Waals surface area contributed by atoms with Crippen molar-refractivity contribution in [2.45, 2.75) is 43.5 Å². The van der Waals surface area contributed by atoms with Gasteiger partial charge in [-0.3, -0.25) is 14.6 Å². The number of hydrogen-bond acceptors (Lipinski definition) is 7. The molecule has 1 aliphatic heterocycles.